The van der Waals surface area contributed by atoms with E-state index < -0.39 is 11.7 Å². The summed E-state index contributed by atoms with van der Waals surface area (Å²) in [6.45, 7) is 12.5. The Labute approximate surface area is 104 Å². The van der Waals surface area contributed by atoms with Crippen LogP contribution in [0.2, 0.25) is 0 Å². The normalized spacial score (nSPS) is 37.2. The fourth-order valence-electron chi connectivity index (χ4n) is 3.06. The van der Waals surface area contributed by atoms with Gasteiger partial charge < -0.3 is 14.6 Å². The largest absolute Gasteiger partial charge is 0.390 e. The quantitative estimate of drug-likeness (QED) is 0.782. The van der Waals surface area contributed by atoms with Crippen molar-refractivity contribution in [3.63, 3.8) is 0 Å². The van der Waals surface area contributed by atoms with Gasteiger partial charge in [0.15, 0.2) is 0 Å². The van der Waals surface area contributed by atoms with Crippen LogP contribution in [0.15, 0.2) is 0 Å². The molecule has 1 N–H and O–H groups in total. The number of hydrogen-bond donors (Lipinski definition) is 1. The zero-order valence-electron chi connectivity index (χ0n) is 11.4. The van der Waals surface area contributed by atoms with Gasteiger partial charge in [0.1, 0.15) is 0 Å². The first-order valence-corrected chi connectivity index (χ1v) is 6.51. The van der Waals surface area contributed by atoms with E-state index in [9.17, 15) is 5.11 Å². The van der Waals surface area contributed by atoms with Gasteiger partial charge in [0.25, 0.3) is 0 Å². The van der Waals surface area contributed by atoms with Crippen molar-refractivity contribution < 1.29 is 14.6 Å². The predicted molar refractivity (Wildman–Crippen MR) is 66.0 cm³/mol. The van der Waals surface area contributed by atoms with E-state index in [-0.39, 0.29) is 11.5 Å². The lowest BCUT2D eigenvalue weighted by molar-refractivity contribution is -0.0918. The molecule has 17 heavy (non-hydrogen) atoms. The number of morpholine rings is 1. The molecule has 100 valence electrons. The Kier molecular flexibility index (Phi) is 3.51. The summed E-state index contributed by atoms with van der Waals surface area (Å²) in [6.07, 6.45) is -0.402. The molecular formula is C13H25NO3. The molecule has 4 nitrogen and oxygen atoms in total. The Bertz CT molecular complexity index is 272. The highest BCUT2D eigenvalue weighted by molar-refractivity contribution is 5.02. The molecule has 0 radical (unpaired) electrons. The van der Waals surface area contributed by atoms with Crippen LogP contribution >= 0.6 is 0 Å². The molecule has 0 bridgehead atoms. The summed E-state index contributed by atoms with van der Waals surface area (Å²) in [6, 6.07) is 0. The van der Waals surface area contributed by atoms with Gasteiger partial charge in [0.2, 0.25) is 0 Å². The minimum absolute atomic E-state index is 0.163. The standard InChI is InChI=1S/C13H25NO3/c1-12(2)10(11(15)13(3,4)17-12)9-14-5-7-16-8-6-14/h10-11,15H,5-9H2,1-4H3. The third-order valence-corrected chi connectivity index (χ3v) is 4.07. The van der Waals surface area contributed by atoms with Gasteiger partial charge in [-0.2, -0.15) is 0 Å². The molecule has 0 amide bonds. The number of aliphatic hydroxyl groups excluding tert-OH is 1. The van der Waals surface area contributed by atoms with E-state index in [1.54, 1.807) is 0 Å². The molecule has 0 spiro atoms. The molecule has 2 aliphatic rings. The lowest BCUT2D eigenvalue weighted by Crippen LogP contribution is -2.46. The second kappa shape index (κ2) is 4.50. The molecule has 0 saturated carbocycles. The summed E-state index contributed by atoms with van der Waals surface area (Å²) in [5.41, 5.74) is -0.707. The molecule has 2 rings (SSSR count). The summed E-state index contributed by atoms with van der Waals surface area (Å²) in [4.78, 5) is 2.36. The first kappa shape index (κ1) is 13.3. The molecule has 0 aromatic carbocycles. The number of aliphatic hydroxyl groups is 1. The first-order chi connectivity index (χ1) is 7.83. The summed E-state index contributed by atoms with van der Waals surface area (Å²) in [5.74, 6) is 0.163. The topological polar surface area (TPSA) is 41.9 Å². The van der Waals surface area contributed by atoms with E-state index in [1.165, 1.54) is 0 Å². The molecule has 2 unspecified atom stereocenters. The van der Waals surface area contributed by atoms with E-state index in [4.69, 9.17) is 9.47 Å². The number of ether oxygens (including phenoxy) is 2. The van der Waals surface area contributed by atoms with Crippen LogP contribution in [0.3, 0.4) is 0 Å². The van der Waals surface area contributed by atoms with Crippen LogP contribution in [0.1, 0.15) is 27.7 Å². The molecule has 0 aromatic rings. The van der Waals surface area contributed by atoms with Crippen LogP contribution < -0.4 is 0 Å². The van der Waals surface area contributed by atoms with Crippen molar-refractivity contribution in [3.05, 3.63) is 0 Å². The minimum Gasteiger partial charge on any atom is -0.390 e. The fourth-order valence-corrected chi connectivity index (χ4v) is 3.06. The van der Waals surface area contributed by atoms with Crippen molar-refractivity contribution in [2.24, 2.45) is 5.92 Å². The van der Waals surface area contributed by atoms with Crippen molar-refractivity contribution in [1.82, 2.24) is 4.90 Å². The second-order valence-electron chi connectivity index (χ2n) is 6.27. The molecule has 2 heterocycles. The van der Waals surface area contributed by atoms with Gasteiger partial charge in [-0.3, -0.25) is 4.90 Å². The smallest absolute Gasteiger partial charge is 0.0896 e. The molecule has 2 saturated heterocycles. The van der Waals surface area contributed by atoms with Gasteiger partial charge in [-0.1, -0.05) is 0 Å². The molecule has 2 fully saturated rings. The van der Waals surface area contributed by atoms with E-state index in [1.807, 2.05) is 13.8 Å². The van der Waals surface area contributed by atoms with Crippen molar-refractivity contribution in [2.45, 2.75) is 45.0 Å². The lowest BCUT2D eigenvalue weighted by Gasteiger charge is -2.34. The average molecular weight is 243 g/mol. The third-order valence-electron chi connectivity index (χ3n) is 4.07. The summed E-state index contributed by atoms with van der Waals surface area (Å²) < 4.78 is 11.3. The number of rotatable bonds is 2. The van der Waals surface area contributed by atoms with Crippen molar-refractivity contribution >= 4 is 0 Å². The molecule has 4 heteroatoms. The van der Waals surface area contributed by atoms with E-state index in [2.05, 4.69) is 18.7 Å². The van der Waals surface area contributed by atoms with Crippen LogP contribution in [0.4, 0.5) is 0 Å². The van der Waals surface area contributed by atoms with E-state index in [0.717, 1.165) is 32.8 Å². The van der Waals surface area contributed by atoms with Gasteiger partial charge in [-0.15, -0.1) is 0 Å². The number of nitrogens with zero attached hydrogens (tertiary/aromatic N) is 1. The van der Waals surface area contributed by atoms with Crippen LogP contribution in [0.25, 0.3) is 0 Å². The molecule has 2 atom stereocenters. The Balaban J connectivity index is 2.03. The van der Waals surface area contributed by atoms with Gasteiger partial charge in [-0.25, -0.2) is 0 Å². The van der Waals surface area contributed by atoms with Crippen LogP contribution in [-0.4, -0.2) is 60.2 Å². The summed E-state index contributed by atoms with van der Waals surface area (Å²) in [7, 11) is 0. The molecule has 0 aromatic heterocycles. The van der Waals surface area contributed by atoms with Crippen molar-refractivity contribution in [2.75, 3.05) is 32.8 Å². The van der Waals surface area contributed by atoms with Gasteiger partial charge in [-0.05, 0) is 27.7 Å². The van der Waals surface area contributed by atoms with Gasteiger partial charge in [0.05, 0.1) is 30.5 Å². The van der Waals surface area contributed by atoms with E-state index >= 15 is 0 Å². The van der Waals surface area contributed by atoms with Crippen LogP contribution in [-0.2, 0) is 9.47 Å². The number of hydrogen-bond acceptors (Lipinski definition) is 4. The monoisotopic (exact) mass is 243 g/mol. The third kappa shape index (κ3) is 2.65. The zero-order chi connectivity index (χ0) is 12.7. The summed E-state index contributed by atoms with van der Waals surface area (Å²) in [5, 5.41) is 10.4. The highest BCUT2D eigenvalue weighted by Crippen LogP contribution is 2.42. The van der Waals surface area contributed by atoms with Crippen molar-refractivity contribution in [3.8, 4) is 0 Å². The Morgan fingerprint density at radius 2 is 1.71 bits per heavy atom. The first-order valence-electron chi connectivity index (χ1n) is 6.51. The molecule has 2 aliphatic heterocycles. The lowest BCUT2D eigenvalue weighted by atomic mass is 9.84. The molecule has 0 aliphatic carbocycles. The highest BCUT2D eigenvalue weighted by atomic mass is 16.5. The summed E-state index contributed by atoms with van der Waals surface area (Å²) >= 11 is 0. The van der Waals surface area contributed by atoms with Crippen molar-refractivity contribution in [1.29, 1.82) is 0 Å². The maximum absolute atomic E-state index is 10.4. The van der Waals surface area contributed by atoms with Gasteiger partial charge >= 0.3 is 0 Å². The Morgan fingerprint density at radius 1 is 1.12 bits per heavy atom. The minimum atomic E-state index is -0.444. The highest BCUT2D eigenvalue weighted by Gasteiger charge is 2.53. The second-order valence-corrected chi connectivity index (χ2v) is 6.27. The average Bonchev–Trinajstić information content (AvgIpc) is 2.38. The van der Waals surface area contributed by atoms with Gasteiger partial charge in [0, 0.05) is 25.6 Å². The maximum atomic E-state index is 10.4. The SMILES string of the molecule is CC1(C)OC(C)(C)C(CN2CCOCC2)C1O. The Morgan fingerprint density at radius 3 is 2.18 bits per heavy atom. The maximum Gasteiger partial charge on any atom is 0.0896 e. The Hall–Kier alpha value is -0.160. The zero-order valence-corrected chi connectivity index (χ0v) is 11.4. The van der Waals surface area contributed by atoms with E-state index in [0.29, 0.717) is 0 Å². The molecular weight excluding hydrogens is 218 g/mol. The van der Waals surface area contributed by atoms with Crippen LogP contribution in [0, 0.1) is 5.92 Å². The predicted octanol–water partition coefficient (Wildman–Crippen LogP) is 0.883. The van der Waals surface area contributed by atoms with Crippen LogP contribution in [0.5, 0.6) is 0 Å². The fraction of sp³-hybridized carbons (Fsp3) is 1.00.